The Morgan fingerprint density at radius 2 is 1.75 bits per heavy atom. The summed E-state index contributed by atoms with van der Waals surface area (Å²) in [5, 5.41) is 1.49. The number of likely N-dealkylation sites (N-methyl/N-ethyl adjacent to an activating group) is 1. The van der Waals surface area contributed by atoms with E-state index in [9.17, 15) is 14.4 Å². The summed E-state index contributed by atoms with van der Waals surface area (Å²) >= 11 is 12.1. The normalized spacial score (nSPS) is 18.7. The van der Waals surface area contributed by atoms with E-state index in [1.807, 2.05) is 12.1 Å². The van der Waals surface area contributed by atoms with E-state index in [1.165, 1.54) is 4.90 Å². The minimum absolute atomic E-state index is 0.148. The minimum Gasteiger partial charge on any atom is -0.311 e. The summed E-state index contributed by atoms with van der Waals surface area (Å²) in [6, 6.07) is 13.4. The summed E-state index contributed by atoms with van der Waals surface area (Å²) in [6.07, 6.45) is 0. The van der Waals surface area contributed by atoms with Crippen LogP contribution in [-0.2, 0) is 9.59 Å². The maximum Gasteiger partial charge on any atom is 0.286 e. The molecule has 2 aliphatic rings. The van der Waals surface area contributed by atoms with E-state index in [-0.39, 0.29) is 15.1 Å². The van der Waals surface area contributed by atoms with Crippen LogP contribution in [0.25, 0.3) is 5.57 Å². The highest BCUT2D eigenvalue weighted by atomic mass is 35.5. The molecule has 0 aliphatic carbocycles. The first-order valence-corrected chi connectivity index (χ1v) is 9.73. The standard InChI is InChI=1S/C19H12ClN3O3S2/c1-22-13-5-3-2-4-12(13)14(17(22)25)15-18(26)23(19(27)28-15)21-16(24)10-6-8-11(20)9-7-10/h2-9H,1H3,(H,21,24). The average Bonchev–Trinajstić information content (AvgIpc) is 3.10. The molecule has 1 saturated heterocycles. The second-order valence-corrected chi connectivity index (χ2v) is 8.12. The Labute approximate surface area is 175 Å². The second-order valence-electron chi connectivity index (χ2n) is 6.04. The van der Waals surface area contributed by atoms with E-state index in [4.69, 9.17) is 23.8 Å². The molecule has 2 aromatic carbocycles. The zero-order chi connectivity index (χ0) is 20.0. The van der Waals surface area contributed by atoms with Crippen molar-refractivity contribution in [3.05, 3.63) is 69.6 Å². The first-order valence-electron chi connectivity index (χ1n) is 8.13. The number of carbonyl (C=O) groups is 3. The Morgan fingerprint density at radius 1 is 1.07 bits per heavy atom. The van der Waals surface area contributed by atoms with Gasteiger partial charge in [-0.15, -0.1) is 0 Å². The van der Waals surface area contributed by atoms with E-state index in [2.05, 4.69) is 5.43 Å². The SMILES string of the molecule is CN1C(=O)C(=C2SC(=S)N(NC(=O)c3ccc(Cl)cc3)C2=O)c2ccccc21. The first kappa shape index (κ1) is 18.7. The molecule has 6 nitrogen and oxygen atoms in total. The summed E-state index contributed by atoms with van der Waals surface area (Å²) in [5.74, 6) is -1.33. The van der Waals surface area contributed by atoms with Crippen molar-refractivity contribution in [1.82, 2.24) is 10.4 Å². The quantitative estimate of drug-likeness (QED) is 0.586. The lowest BCUT2D eigenvalue weighted by molar-refractivity contribution is -0.124. The molecule has 1 N–H and O–H groups in total. The Morgan fingerprint density at radius 3 is 2.46 bits per heavy atom. The number of thioether (sulfide) groups is 1. The molecule has 0 unspecified atom stereocenters. The Balaban J connectivity index is 1.66. The number of rotatable bonds is 2. The molecular weight excluding hydrogens is 418 g/mol. The van der Waals surface area contributed by atoms with Crippen LogP contribution in [0.5, 0.6) is 0 Å². The van der Waals surface area contributed by atoms with Gasteiger partial charge in [0.1, 0.15) is 0 Å². The summed E-state index contributed by atoms with van der Waals surface area (Å²) in [7, 11) is 1.65. The van der Waals surface area contributed by atoms with Gasteiger partial charge in [0.15, 0.2) is 4.32 Å². The molecule has 2 aliphatic heterocycles. The lowest BCUT2D eigenvalue weighted by atomic mass is 10.1. The predicted molar refractivity (Wildman–Crippen MR) is 113 cm³/mol. The Bertz CT molecular complexity index is 1080. The van der Waals surface area contributed by atoms with E-state index in [0.717, 1.165) is 22.5 Å². The van der Waals surface area contributed by atoms with Gasteiger partial charge in [0.2, 0.25) is 0 Å². The van der Waals surface area contributed by atoms with Gasteiger partial charge in [0, 0.05) is 23.2 Å². The second kappa shape index (κ2) is 7.05. The summed E-state index contributed by atoms with van der Waals surface area (Å²) in [4.78, 5) is 39.8. The van der Waals surface area contributed by atoms with Gasteiger partial charge in [-0.2, -0.15) is 5.01 Å². The lowest BCUT2D eigenvalue weighted by Crippen LogP contribution is -2.45. The fourth-order valence-electron chi connectivity index (χ4n) is 2.97. The number of nitrogens with zero attached hydrogens (tertiary/aromatic N) is 2. The predicted octanol–water partition coefficient (Wildman–Crippen LogP) is 3.23. The number of anilines is 1. The number of hydrazine groups is 1. The molecule has 0 saturated carbocycles. The number of fused-ring (bicyclic) bond motifs is 1. The summed E-state index contributed by atoms with van der Waals surface area (Å²) in [5.41, 5.74) is 4.50. The number of benzene rings is 2. The number of hydrogen-bond donors (Lipinski definition) is 1. The van der Waals surface area contributed by atoms with Gasteiger partial charge in [-0.3, -0.25) is 19.8 Å². The van der Waals surface area contributed by atoms with Gasteiger partial charge in [-0.05, 0) is 42.5 Å². The van der Waals surface area contributed by atoms with Crippen LogP contribution in [0.4, 0.5) is 5.69 Å². The number of thiocarbonyl (C=S) groups is 1. The zero-order valence-corrected chi connectivity index (χ0v) is 16.8. The van der Waals surface area contributed by atoms with E-state index >= 15 is 0 Å². The molecule has 9 heteroatoms. The van der Waals surface area contributed by atoms with Crippen molar-refractivity contribution < 1.29 is 14.4 Å². The van der Waals surface area contributed by atoms with E-state index in [1.54, 1.807) is 43.4 Å². The van der Waals surface area contributed by atoms with Gasteiger partial charge < -0.3 is 4.90 Å². The number of halogens is 1. The number of para-hydroxylation sites is 1. The van der Waals surface area contributed by atoms with Crippen molar-refractivity contribution in [2.45, 2.75) is 0 Å². The number of amides is 3. The van der Waals surface area contributed by atoms with Crippen molar-refractivity contribution in [1.29, 1.82) is 0 Å². The zero-order valence-electron chi connectivity index (χ0n) is 14.4. The maximum atomic E-state index is 12.9. The summed E-state index contributed by atoms with van der Waals surface area (Å²) in [6.45, 7) is 0. The highest BCUT2D eigenvalue weighted by Crippen LogP contribution is 2.43. The van der Waals surface area contributed by atoms with Crippen LogP contribution in [0.15, 0.2) is 53.4 Å². The van der Waals surface area contributed by atoms with Crippen molar-refractivity contribution in [2.24, 2.45) is 0 Å². The van der Waals surface area contributed by atoms with Crippen LogP contribution in [0.2, 0.25) is 5.02 Å². The fraction of sp³-hybridized carbons (Fsp3) is 0.0526. The van der Waals surface area contributed by atoms with Crippen LogP contribution in [0.1, 0.15) is 15.9 Å². The Hall–Kier alpha value is -2.68. The third-order valence-electron chi connectivity index (χ3n) is 4.37. The molecule has 0 spiro atoms. The van der Waals surface area contributed by atoms with Crippen LogP contribution in [-0.4, -0.2) is 34.1 Å². The van der Waals surface area contributed by atoms with E-state index < -0.39 is 11.8 Å². The molecule has 4 rings (SSSR count). The van der Waals surface area contributed by atoms with Crippen molar-refractivity contribution in [3.63, 3.8) is 0 Å². The maximum absolute atomic E-state index is 12.9. The summed E-state index contributed by atoms with van der Waals surface area (Å²) < 4.78 is 0.148. The highest BCUT2D eigenvalue weighted by molar-refractivity contribution is 8.26. The largest absolute Gasteiger partial charge is 0.311 e. The molecule has 0 aromatic heterocycles. The van der Waals surface area contributed by atoms with Gasteiger partial charge in [0.25, 0.3) is 17.7 Å². The average molecular weight is 430 g/mol. The van der Waals surface area contributed by atoms with Gasteiger partial charge >= 0.3 is 0 Å². The van der Waals surface area contributed by atoms with Crippen molar-refractivity contribution in [3.8, 4) is 0 Å². The molecule has 140 valence electrons. The lowest BCUT2D eigenvalue weighted by Gasteiger charge is -2.15. The first-order chi connectivity index (χ1) is 13.4. The third kappa shape index (κ3) is 2.99. The van der Waals surface area contributed by atoms with E-state index in [0.29, 0.717) is 21.7 Å². The van der Waals surface area contributed by atoms with Gasteiger partial charge in [-0.1, -0.05) is 41.6 Å². The molecule has 0 atom stereocenters. The fourth-order valence-corrected chi connectivity index (χ4v) is 4.35. The van der Waals surface area contributed by atoms with Gasteiger partial charge in [0.05, 0.1) is 16.2 Å². The molecule has 3 amide bonds. The molecule has 0 radical (unpaired) electrons. The smallest absolute Gasteiger partial charge is 0.286 e. The van der Waals surface area contributed by atoms with Crippen LogP contribution >= 0.6 is 35.6 Å². The molecule has 28 heavy (non-hydrogen) atoms. The van der Waals surface area contributed by atoms with Crippen LogP contribution < -0.4 is 10.3 Å². The molecule has 2 heterocycles. The third-order valence-corrected chi connectivity index (χ3v) is 5.99. The van der Waals surface area contributed by atoms with Crippen molar-refractivity contribution >= 4 is 68.9 Å². The number of carbonyl (C=O) groups excluding carboxylic acids is 3. The molecule has 2 aromatic rings. The van der Waals surface area contributed by atoms with Crippen molar-refractivity contribution in [2.75, 3.05) is 11.9 Å². The molecule has 0 bridgehead atoms. The molecule has 1 fully saturated rings. The topological polar surface area (TPSA) is 69.7 Å². The van der Waals surface area contributed by atoms with Gasteiger partial charge in [-0.25, -0.2) is 0 Å². The molecular formula is C19H12ClN3O3S2. The van der Waals surface area contributed by atoms with Crippen LogP contribution in [0, 0.1) is 0 Å². The number of hydrogen-bond acceptors (Lipinski definition) is 5. The number of nitrogens with one attached hydrogen (secondary N) is 1. The minimum atomic E-state index is -0.536. The highest BCUT2D eigenvalue weighted by Gasteiger charge is 2.41. The van der Waals surface area contributed by atoms with Crippen LogP contribution in [0.3, 0.4) is 0 Å². The monoisotopic (exact) mass is 429 g/mol. The Kier molecular flexibility index (Phi) is 4.70.